The van der Waals surface area contributed by atoms with E-state index in [1.54, 1.807) is 36.4 Å². The Bertz CT molecular complexity index is 1290. The summed E-state index contributed by atoms with van der Waals surface area (Å²) in [5, 5.41) is 14.5. The minimum Gasteiger partial charge on any atom is -0.493 e. The number of carboxylic acids is 1. The monoisotopic (exact) mass is 484 g/mol. The van der Waals surface area contributed by atoms with Crippen LogP contribution in [0.3, 0.4) is 0 Å². The molecule has 11 heteroatoms. The smallest absolute Gasteiger partial charge is 0.336 e. The number of aliphatic carboxylic acids is 1. The van der Waals surface area contributed by atoms with Crippen LogP contribution >= 0.6 is 0 Å². The average molecular weight is 484 g/mol. The van der Waals surface area contributed by atoms with Gasteiger partial charge >= 0.3 is 11.6 Å². The topological polar surface area (TPSA) is 153 Å². The highest BCUT2D eigenvalue weighted by atomic mass is 16.5. The van der Waals surface area contributed by atoms with E-state index in [-0.39, 0.29) is 13.0 Å². The van der Waals surface area contributed by atoms with Crippen LogP contribution in [0.2, 0.25) is 0 Å². The van der Waals surface area contributed by atoms with Crippen molar-refractivity contribution in [2.75, 3.05) is 27.4 Å². The summed E-state index contributed by atoms with van der Waals surface area (Å²) in [5.74, 6) is -1.14. The molecular formula is C24H24N2O9. The lowest BCUT2D eigenvalue weighted by molar-refractivity contribution is -0.138. The molecule has 0 bridgehead atoms. The molecule has 184 valence electrons. The fraction of sp³-hybridized carbons (Fsp3) is 0.250. The number of benzene rings is 2. The molecule has 1 heterocycles. The first kappa shape index (κ1) is 25.1. The number of fused-ring (bicyclic) bond motifs is 1. The number of nitrogens with one attached hydrogen (secondary N) is 2. The molecule has 0 aliphatic carbocycles. The number of amides is 2. The van der Waals surface area contributed by atoms with Gasteiger partial charge in [0.05, 0.1) is 26.7 Å². The van der Waals surface area contributed by atoms with Crippen molar-refractivity contribution < 1.29 is 38.1 Å². The molecule has 0 aliphatic rings. The van der Waals surface area contributed by atoms with Gasteiger partial charge in [0.15, 0.2) is 18.1 Å². The Kier molecular flexibility index (Phi) is 8.28. The van der Waals surface area contributed by atoms with Crippen LogP contribution in [0.25, 0.3) is 11.0 Å². The molecule has 1 atom stereocenters. The van der Waals surface area contributed by atoms with Crippen LogP contribution in [0.5, 0.6) is 17.2 Å². The third kappa shape index (κ3) is 6.97. The zero-order valence-corrected chi connectivity index (χ0v) is 19.0. The van der Waals surface area contributed by atoms with Gasteiger partial charge in [-0.15, -0.1) is 0 Å². The number of carboxylic acid groups (broad SMARTS) is 1. The zero-order valence-electron chi connectivity index (χ0n) is 19.0. The van der Waals surface area contributed by atoms with Crippen molar-refractivity contribution in [1.29, 1.82) is 0 Å². The summed E-state index contributed by atoms with van der Waals surface area (Å²) in [6.45, 7) is -0.935. The lowest BCUT2D eigenvalue weighted by Gasteiger charge is -2.20. The quantitative estimate of drug-likeness (QED) is 0.345. The third-order valence-corrected chi connectivity index (χ3v) is 4.94. The molecule has 0 saturated heterocycles. The Morgan fingerprint density at radius 2 is 1.71 bits per heavy atom. The van der Waals surface area contributed by atoms with Gasteiger partial charge in [-0.1, -0.05) is 6.07 Å². The maximum atomic E-state index is 12.7. The highest BCUT2D eigenvalue weighted by Crippen LogP contribution is 2.31. The summed E-state index contributed by atoms with van der Waals surface area (Å²) in [6, 6.07) is 11.8. The van der Waals surface area contributed by atoms with Crippen molar-refractivity contribution in [2.45, 2.75) is 12.5 Å². The van der Waals surface area contributed by atoms with Gasteiger partial charge in [-0.3, -0.25) is 14.4 Å². The Hall–Kier alpha value is -4.54. The Labute approximate surface area is 199 Å². The summed E-state index contributed by atoms with van der Waals surface area (Å²) >= 11 is 0. The number of hydrogen-bond donors (Lipinski definition) is 3. The molecule has 0 saturated carbocycles. The molecule has 0 spiro atoms. The Morgan fingerprint density at radius 3 is 2.43 bits per heavy atom. The van der Waals surface area contributed by atoms with Gasteiger partial charge in [0.1, 0.15) is 17.9 Å². The van der Waals surface area contributed by atoms with Gasteiger partial charge in [0.2, 0.25) is 5.91 Å². The molecule has 2 aromatic carbocycles. The van der Waals surface area contributed by atoms with Crippen molar-refractivity contribution in [1.82, 2.24) is 10.6 Å². The standard InChI is InChI=1S/C24H24N2O9/c1-32-18-7-4-15(9-20(18)33-2)17(11-21(27)25-12-23(29)30)26-22(28)13-34-16-6-3-14-5-8-24(31)35-19(14)10-16/h3-10,17H,11-13H2,1-2H3,(H,25,27)(H,26,28)(H,29,30)/t17-/m0/s1. The van der Waals surface area contributed by atoms with Crippen LogP contribution in [-0.2, 0) is 14.4 Å². The van der Waals surface area contributed by atoms with E-state index in [2.05, 4.69) is 10.6 Å². The molecule has 0 aliphatic heterocycles. The van der Waals surface area contributed by atoms with E-state index in [1.807, 2.05) is 0 Å². The number of carbonyl (C=O) groups is 3. The van der Waals surface area contributed by atoms with Crippen LogP contribution in [0.15, 0.2) is 57.7 Å². The van der Waals surface area contributed by atoms with E-state index in [1.165, 1.54) is 26.4 Å². The van der Waals surface area contributed by atoms with Crippen LogP contribution in [0.1, 0.15) is 18.0 Å². The van der Waals surface area contributed by atoms with Crippen LogP contribution in [0.4, 0.5) is 0 Å². The summed E-state index contributed by atoms with van der Waals surface area (Å²) < 4.78 is 21.1. The molecule has 35 heavy (non-hydrogen) atoms. The van der Waals surface area contributed by atoms with Crippen LogP contribution in [0, 0.1) is 0 Å². The molecule has 0 unspecified atom stereocenters. The van der Waals surface area contributed by atoms with E-state index >= 15 is 0 Å². The first-order chi connectivity index (χ1) is 16.8. The van der Waals surface area contributed by atoms with Crippen molar-refractivity contribution in [3.63, 3.8) is 0 Å². The molecule has 1 aromatic heterocycles. The summed E-state index contributed by atoms with van der Waals surface area (Å²) in [7, 11) is 2.93. The Balaban J connectivity index is 1.73. The SMILES string of the molecule is COc1ccc([C@H](CC(=O)NCC(=O)O)NC(=O)COc2ccc3ccc(=O)oc3c2)cc1OC. The molecule has 3 N–H and O–H groups in total. The first-order valence-corrected chi connectivity index (χ1v) is 10.5. The minimum atomic E-state index is -1.19. The predicted octanol–water partition coefficient (Wildman–Crippen LogP) is 1.64. The largest absolute Gasteiger partial charge is 0.493 e. The van der Waals surface area contributed by atoms with Crippen molar-refractivity contribution in [3.05, 3.63) is 64.5 Å². The summed E-state index contributed by atoms with van der Waals surface area (Å²) in [5.41, 5.74) is 0.342. The van der Waals surface area contributed by atoms with E-state index in [0.29, 0.717) is 33.8 Å². The maximum absolute atomic E-state index is 12.7. The number of carbonyl (C=O) groups excluding carboxylic acids is 2. The number of methoxy groups -OCH3 is 2. The predicted molar refractivity (Wildman–Crippen MR) is 124 cm³/mol. The highest BCUT2D eigenvalue weighted by Gasteiger charge is 2.21. The van der Waals surface area contributed by atoms with Gasteiger partial charge in [-0.25, -0.2) is 4.79 Å². The molecule has 11 nitrogen and oxygen atoms in total. The first-order valence-electron chi connectivity index (χ1n) is 10.5. The summed E-state index contributed by atoms with van der Waals surface area (Å²) in [4.78, 5) is 47.1. The summed E-state index contributed by atoms with van der Waals surface area (Å²) in [6.07, 6.45) is -0.227. The molecule has 2 amide bonds. The lowest BCUT2D eigenvalue weighted by atomic mass is 10.0. The average Bonchev–Trinajstić information content (AvgIpc) is 2.85. The van der Waals surface area contributed by atoms with Crippen molar-refractivity contribution >= 4 is 28.8 Å². The Morgan fingerprint density at radius 1 is 0.971 bits per heavy atom. The van der Waals surface area contributed by atoms with E-state index in [4.69, 9.17) is 23.7 Å². The zero-order chi connectivity index (χ0) is 25.4. The second-order valence-electron chi connectivity index (χ2n) is 7.35. The third-order valence-electron chi connectivity index (χ3n) is 4.94. The van der Waals surface area contributed by atoms with Gasteiger partial charge < -0.3 is 34.4 Å². The van der Waals surface area contributed by atoms with E-state index < -0.39 is 36.0 Å². The minimum absolute atomic E-state index is 0.227. The van der Waals surface area contributed by atoms with Gasteiger partial charge in [-0.2, -0.15) is 0 Å². The van der Waals surface area contributed by atoms with Gasteiger partial charge in [0.25, 0.3) is 5.91 Å². The fourth-order valence-corrected chi connectivity index (χ4v) is 3.27. The maximum Gasteiger partial charge on any atom is 0.336 e. The number of rotatable bonds is 11. The van der Waals surface area contributed by atoms with E-state index in [0.717, 1.165) is 0 Å². The van der Waals surface area contributed by atoms with Gasteiger partial charge in [-0.05, 0) is 35.9 Å². The van der Waals surface area contributed by atoms with Crippen LogP contribution < -0.4 is 30.5 Å². The molecule has 0 fully saturated rings. The molecule has 3 rings (SSSR count). The molecule has 0 radical (unpaired) electrons. The normalized spacial score (nSPS) is 11.4. The molecule has 3 aromatic rings. The fourth-order valence-electron chi connectivity index (χ4n) is 3.27. The molecular weight excluding hydrogens is 460 g/mol. The highest BCUT2D eigenvalue weighted by molar-refractivity contribution is 5.83. The van der Waals surface area contributed by atoms with E-state index in [9.17, 15) is 19.2 Å². The second kappa shape index (κ2) is 11.5. The van der Waals surface area contributed by atoms with Crippen molar-refractivity contribution in [3.8, 4) is 17.2 Å². The second-order valence-corrected chi connectivity index (χ2v) is 7.35. The van der Waals surface area contributed by atoms with Gasteiger partial charge in [0, 0.05) is 17.5 Å². The number of ether oxygens (including phenoxy) is 3. The van der Waals surface area contributed by atoms with Crippen LogP contribution in [-0.4, -0.2) is 50.3 Å². The van der Waals surface area contributed by atoms with Crippen molar-refractivity contribution in [2.24, 2.45) is 0 Å². The lowest BCUT2D eigenvalue weighted by Crippen LogP contribution is -2.37. The number of hydrogen-bond acceptors (Lipinski definition) is 8.